The molecule has 0 N–H and O–H groups in total. The van der Waals surface area contributed by atoms with E-state index in [2.05, 4.69) is 9.46 Å². The highest BCUT2D eigenvalue weighted by atomic mass is 32.2. The molecule has 1 aromatic rings. The first-order valence-corrected chi connectivity index (χ1v) is 6.74. The van der Waals surface area contributed by atoms with Crippen molar-refractivity contribution in [1.29, 1.82) is 0 Å². The van der Waals surface area contributed by atoms with Gasteiger partial charge in [0.25, 0.3) is 0 Å². The first-order chi connectivity index (χ1) is 6.68. The van der Waals surface area contributed by atoms with Gasteiger partial charge in [0.2, 0.25) is 0 Å². The fraction of sp³-hybridized carbons (Fsp3) is 0.667. The summed E-state index contributed by atoms with van der Waals surface area (Å²) in [6, 6.07) is 0. The van der Waals surface area contributed by atoms with Crippen LogP contribution in [-0.2, 0) is 16.8 Å². The summed E-state index contributed by atoms with van der Waals surface area (Å²) < 4.78 is 18.2. The van der Waals surface area contributed by atoms with Crippen molar-refractivity contribution in [3.8, 4) is 0 Å². The Labute approximate surface area is 84.5 Å². The molecule has 4 nitrogen and oxygen atoms in total. The number of rotatable bonds is 1. The highest BCUT2D eigenvalue weighted by Gasteiger charge is 2.14. The van der Waals surface area contributed by atoms with Crippen molar-refractivity contribution in [3.05, 3.63) is 12.4 Å². The first kappa shape index (κ1) is 9.71. The Morgan fingerprint density at radius 3 is 2.71 bits per heavy atom. The van der Waals surface area contributed by atoms with E-state index in [-0.39, 0.29) is 0 Å². The van der Waals surface area contributed by atoms with Crippen LogP contribution in [0.3, 0.4) is 0 Å². The standard InChI is InChI=1S/C9H15N3OS/c1-12-8-9(7-10-12)11-14(13)5-3-2-4-6-14/h7-8H,2-6H2,1H3. The molecule has 5 heteroatoms. The van der Waals surface area contributed by atoms with E-state index in [4.69, 9.17) is 0 Å². The molecule has 0 saturated carbocycles. The van der Waals surface area contributed by atoms with E-state index in [9.17, 15) is 4.21 Å². The molecule has 0 radical (unpaired) electrons. The monoisotopic (exact) mass is 213 g/mol. The SMILES string of the molecule is Cn1cc(N=S2(=O)CCCCC2)cn1. The van der Waals surface area contributed by atoms with Crippen molar-refractivity contribution in [3.63, 3.8) is 0 Å². The molecule has 1 aliphatic heterocycles. The normalized spacial score (nSPS) is 20.6. The third-order valence-electron chi connectivity index (χ3n) is 2.39. The summed E-state index contributed by atoms with van der Waals surface area (Å²) in [4.78, 5) is 0. The van der Waals surface area contributed by atoms with Gasteiger partial charge in [-0.1, -0.05) is 6.42 Å². The second-order valence-corrected chi connectivity index (χ2v) is 6.25. The van der Waals surface area contributed by atoms with Crippen LogP contribution < -0.4 is 0 Å². The van der Waals surface area contributed by atoms with Crippen molar-refractivity contribution >= 4 is 15.4 Å². The Morgan fingerprint density at radius 1 is 1.43 bits per heavy atom. The molecule has 1 fully saturated rings. The molecule has 2 heterocycles. The first-order valence-electron chi connectivity index (χ1n) is 4.89. The predicted molar refractivity (Wildman–Crippen MR) is 57.0 cm³/mol. The number of nitrogens with zero attached hydrogens (tertiary/aromatic N) is 3. The zero-order chi connectivity index (χ0) is 10.0. The smallest absolute Gasteiger partial charge is 0.111 e. The maximum atomic E-state index is 12.2. The summed E-state index contributed by atoms with van der Waals surface area (Å²) in [6.45, 7) is 0. The van der Waals surface area contributed by atoms with Gasteiger partial charge < -0.3 is 0 Å². The van der Waals surface area contributed by atoms with E-state index in [1.807, 2.05) is 7.05 Å². The Balaban J connectivity index is 2.28. The quantitative estimate of drug-likeness (QED) is 0.713. The van der Waals surface area contributed by atoms with Gasteiger partial charge in [0.15, 0.2) is 0 Å². The lowest BCUT2D eigenvalue weighted by molar-refractivity contribution is 0.650. The second-order valence-electron chi connectivity index (χ2n) is 3.70. The largest absolute Gasteiger partial charge is 0.274 e. The molecule has 78 valence electrons. The van der Waals surface area contributed by atoms with Crippen LogP contribution in [0.25, 0.3) is 0 Å². The molecule has 1 aliphatic rings. The number of aryl methyl sites for hydroxylation is 1. The second kappa shape index (κ2) is 3.73. The minimum absolute atomic E-state index is 0.749. The summed E-state index contributed by atoms with van der Waals surface area (Å²) in [6.07, 6.45) is 6.76. The maximum absolute atomic E-state index is 12.2. The minimum Gasteiger partial charge on any atom is -0.274 e. The van der Waals surface area contributed by atoms with Crippen LogP contribution >= 0.6 is 0 Å². The average molecular weight is 213 g/mol. The molecule has 1 aromatic heterocycles. The summed E-state index contributed by atoms with van der Waals surface area (Å²) in [5.41, 5.74) is 0.749. The van der Waals surface area contributed by atoms with E-state index in [0.717, 1.165) is 30.0 Å². The van der Waals surface area contributed by atoms with Gasteiger partial charge in [0, 0.05) is 18.6 Å². The third kappa shape index (κ3) is 2.15. The Morgan fingerprint density at radius 2 is 2.14 bits per heavy atom. The Hall–Kier alpha value is -0.840. The van der Waals surface area contributed by atoms with Crippen LogP contribution in [0.4, 0.5) is 5.69 Å². The summed E-state index contributed by atoms with van der Waals surface area (Å²) in [5, 5.41) is 4.01. The summed E-state index contributed by atoms with van der Waals surface area (Å²) in [5.74, 6) is 1.50. The van der Waals surface area contributed by atoms with E-state index < -0.39 is 9.73 Å². The highest BCUT2D eigenvalue weighted by Crippen LogP contribution is 2.19. The molecule has 14 heavy (non-hydrogen) atoms. The highest BCUT2D eigenvalue weighted by molar-refractivity contribution is 7.93. The van der Waals surface area contributed by atoms with Crippen molar-refractivity contribution in [2.75, 3.05) is 11.5 Å². The predicted octanol–water partition coefficient (Wildman–Crippen LogP) is 1.70. The van der Waals surface area contributed by atoms with Gasteiger partial charge in [-0.25, -0.2) is 4.21 Å². The van der Waals surface area contributed by atoms with Crippen LogP contribution in [0.1, 0.15) is 19.3 Å². The van der Waals surface area contributed by atoms with E-state index in [1.165, 1.54) is 6.42 Å². The molecular formula is C9H15N3OS. The molecule has 2 rings (SSSR count). The van der Waals surface area contributed by atoms with Crippen LogP contribution in [0.2, 0.25) is 0 Å². The number of hydrogen-bond acceptors (Lipinski definition) is 3. The fourth-order valence-corrected chi connectivity index (χ4v) is 3.85. The number of hydrogen-bond donors (Lipinski definition) is 0. The van der Waals surface area contributed by atoms with Crippen LogP contribution in [0.15, 0.2) is 16.8 Å². The molecule has 0 aromatic carbocycles. The molecular weight excluding hydrogens is 198 g/mol. The lowest BCUT2D eigenvalue weighted by Gasteiger charge is -2.14. The molecule has 0 bridgehead atoms. The zero-order valence-electron chi connectivity index (χ0n) is 8.35. The van der Waals surface area contributed by atoms with Gasteiger partial charge in [-0.3, -0.25) is 4.68 Å². The lowest BCUT2D eigenvalue weighted by atomic mass is 10.3. The van der Waals surface area contributed by atoms with Crippen LogP contribution in [0.5, 0.6) is 0 Å². The molecule has 1 saturated heterocycles. The van der Waals surface area contributed by atoms with E-state index >= 15 is 0 Å². The van der Waals surface area contributed by atoms with Gasteiger partial charge in [-0.2, -0.15) is 9.46 Å². The lowest BCUT2D eigenvalue weighted by Crippen LogP contribution is -2.15. The molecule has 0 unspecified atom stereocenters. The van der Waals surface area contributed by atoms with Crippen molar-refractivity contribution in [2.45, 2.75) is 19.3 Å². The molecule has 0 aliphatic carbocycles. The molecule has 0 amide bonds. The maximum Gasteiger partial charge on any atom is 0.111 e. The van der Waals surface area contributed by atoms with E-state index in [0.29, 0.717) is 0 Å². The van der Waals surface area contributed by atoms with E-state index in [1.54, 1.807) is 17.1 Å². The zero-order valence-corrected chi connectivity index (χ0v) is 9.16. The minimum atomic E-state index is -1.96. The summed E-state index contributed by atoms with van der Waals surface area (Å²) in [7, 11) is -0.118. The van der Waals surface area contributed by atoms with Gasteiger partial charge in [-0.05, 0) is 12.8 Å². The Bertz CT molecular complexity index is 417. The summed E-state index contributed by atoms with van der Waals surface area (Å²) >= 11 is 0. The van der Waals surface area contributed by atoms with Gasteiger partial charge in [0.05, 0.1) is 22.1 Å². The topological polar surface area (TPSA) is 47.2 Å². The third-order valence-corrected chi connectivity index (χ3v) is 4.79. The molecule has 0 spiro atoms. The van der Waals surface area contributed by atoms with Crippen LogP contribution in [0, 0.1) is 0 Å². The van der Waals surface area contributed by atoms with Crippen molar-refractivity contribution < 1.29 is 4.21 Å². The average Bonchev–Trinajstić information content (AvgIpc) is 2.51. The van der Waals surface area contributed by atoms with Gasteiger partial charge >= 0.3 is 0 Å². The fourth-order valence-electron chi connectivity index (χ4n) is 1.67. The van der Waals surface area contributed by atoms with Gasteiger partial charge in [-0.15, -0.1) is 0 Å². The number of aromatic nitrogens is 2. The van der Waals surface area contributed by atoms with Gasteiger partial charge in [0.1, 0.15) is 5.69 Å². The van der Waals surface area contributed by atoms with Crippen molar-refractivity contribution in [1.82, 2.24) is 9.78 Å². The van der Waals surface area contributed by atoms with Crippen molar-refractivity contribution in [2.24, 2.45) is 11.4 Å². The van der Waals surface area contributed by atoms with Crippen LogP contribution in [-0.4, -0.2) is 25.5 Å². The molecule has 0 atom stereocenters. The Kier molecular flexibility index (Phi) is 2.58.